The summed E-state index contributed by atoms with van der Waals surface area (Å²) in [7, 11) is 0. The molecule has 0 spiro atoms. The Morgan fingerprint density at radius 1 is 1.04 bits per heavy atom. The summed E-state index contributed by atoms with van der Waals surface area (Å²) >= 11 is 0. The van der Waals surface area contributed by atoms with Crippen LogP contribution in [0.4, 0.5) is 24.5 Å². The number of nitrogens with one attached hydrogen (secondary N) is 1. The zero-order valence-corrected chi connectivity index (χ0v) is 14.4. The number of hydrogen-bond acceptors (Lipinski definition) is 2. The lowest BCUT2D eigenvalue weighted by atomic mass is 10.0. The molecule has 4 nitrogen and oxygen atoms in total. The molecule has 4 rings (SSSR count). The van der Waals surface area contributed by atoms with Crippen LogP contribution < -0.4 is 10.2 Å². The average Bonchev–Trinajstić information content (AvgIpc) is 3.50. The van der Waals surface area contributed by atoms with Gasteiger partial charge in [-0.2, -0.15) is 0 Å². The molecule has 2 aromatic rings. The number of rotatable bonds is 3. The van der Waals surface area contributed by atoms with Gasteiger partial charge >= 0.3 is 0 Å². The summed E-state index contributed by atoms with van der Waals surface area (Å²) in [6.45, 7) is 0.623. The van der Waals surface area contributed by atoms with E-state index in [1.54, 1.807) is 17.0 Å². The Morgan fingerprint density at radius 2 is 1.81 bits per heavy atom. The van der Waals surface area contributed by atoms with E-state index >= 15 is 0 Å². The minimum Gasteiger partial charge on any atom is -0.322 e. The number of carbonyl (C=O) groups is 2. The number of benzene rings is 2. The molecule has 1 N–H and O–H groups in total. The third-order valence-electron chi connectivity index (χ3n) is 4.93. The van der Waals surface area contributed by atoms with Crippen LogP contribution in [-0.4, -0.2) is 18.4 Å². The summed E-state index contributed by atoms with van der Waals surface area (Å²) in [6.07, 6.45) is 3.50. The van der Waals surface area contributed by atoms with E-state index in [9.17, 15) is 22.8 Å². The smallest absolute Gasteiger partial charge is 0.258 e. The highest BCUT2D eigenvalue weighted by Gasteiger charge is 2.35. The number of hydrogen-bond donors (Lipinski definition) is 1. The van der Waals surface area contributed by atoms with Crippen molar-refractivity contribution < 1.29 is 22.8 Å². The number of halogens is 3. The quantitative estimate of drug-likeness (QED) is 0.825. The molecule has 1 aliphatic carbocycles. The van der Waals surface area contributed by atoms with Gasteiger partial charge < -0.3 is 10.2 Å². The maximum atomic E-state index is 13.8. The van der Waals surface area contributed by atoms with E-state index in [1.165, 1.54) is 0 Å². The molecular weight excluding hydrogens is 357 g/mol. The summed E-state index contributed by atoms with van der Waals surface area (Å²) in [5, 5.41) is 2.49. The van der Waals surface area contributed by atoms with Crippen molar-refractivity contribution in [2.75, 3.05) is 16.8 Å². The first-order valence-corrected chi connectivity index (χ1v) is 8.85. The summed E-state index contributed by atoms with van der Waals surface area (Å²) in [4.78, 5) is 26.5. The minimum atomic E-state index is -1.69. The maximum absolute atomic E-state index is 13.8. The minimum absolute atomic E-state index is 0.0745. The van der Waals surface area contributed by atoms with Crippen molar-refractivity contribution in [2.24, 2.45) is 5.92 Å². The number of anilines is 2. The van der Waals surface area contributed by atoms with Crippen molar-refractivity contribution in [3.8, 4) is 0 Å². The van der Waals surface area contributed by atoms with Gasteiger partial charge in [-0.3, -0.25) is 9.59 Å². The van der Waals surface area contributed by atoms with Crippen LogP contribution in [0.5, 0.6) is 0 Å². The second-order valence-corrected chi connectivity index (χ2v) is 6.89. The van der Waals surface area contributed by atoms with E-state index in [1.807, 2.05) is 6.07 Å². The molecule has 1 saturated carbocycles. The summed E-state index contributed by atoms with van der Waals surface area (Å²) < 4.78 is 40.2. The molecule has 1 aliphatic heterocycles. The Balaban J connectivity index is 1.60. The van der Waals surface area contributed by atoms with Gasteiger partial charge in [-0.25, -0.2) is 13.2 Å². The van der Waals surface area contributed by atoms with Gasteiger partial charge in [0.15, 0.2) is 17.5 Å². The van der Waals surface area contributed by atoms with Crippen molar-refractivity contribution in [2.45, 2.75) is 25.7 Å². The lowest BCUT2D eigenvalue weighted by molar-refractivity contribution is -0.119. The normalized spacial score (nSPS) is 16.0. The van der Waals surface area contributed by atoms with E-state index in [4.69, 9.17) is 0 Å². The molecule has 27 heavy (non-hydrogen) atoms. The van der Waals surface area contributed by atoms with E-state index in [2.05, 4.69) is 5.32 Å². The lowest BCUT2D eigenvalue weighted by Crippen LogP contribution is -2.36. The fraction of sp³-hybridized carbons (Fsp3) is 0.300. The van der Waals surface area contributed by atoms with Crippen LogP contribution >= 0.6 is 0 Å². The van der Waals surface area contributed by atoms with Crippen molar-refractivity contribution in [1.82, 2.24) is 0 Å². The van der Waals surface area contributed by atoms with Crippen LogP contribution in [0.3, 0.4) is 0 Å². The number of fused-ring (bicyclic) bond motifs is 1. The Morgan fingerprint density at radius 3 is 2.56 bits per heavy atom. The van der Waals surface area contributed by atoms with Gasteiger partial charge in [0.25, 0.3) is 5.91 Å². The average molecular weight is 374 g/mol. The maximum Gasteiger partial charge on any atom is 0.258 e. The lowest BCUT2D eigenvalue weighted by Gasteiger charge is -2.30. The van der Waals surface area contributed by atoms with Crippen LogP contribution in [0.2, 0.25) is 0 Å². The van der Waals surface area contributed by atoms with Gasteiger partial charge in [-0.1, -0.05) is 6.07 Å². The highest BCUT2D eigenvalue weighted by atomic mass is 19.2. The molecule has 0 aromatic heterocycles. The van der Waals surface area contributed by atoms with Crippen LogP contribution in [-0.2, 0) is 11.2 Å². The number of aryl methyl sites for hydroxylation is 1. The van der Waals surface area contributed by atoms with Crippen molar-refractivity contribution in [3.05, 3.63) is 58.9 Å². The van der Waals surface area contributed by atoms with E-state index in [0.29, 0.717) is 18.3 Å². The first kappa shape index (κ1) is 17.6. The molecular formula is C20H17F3N2O2. The zero-order valence-electron chi connectivity index (χ0n) is 14.4. The van der Waals surface area contributed by atoms with Gasteiger partial charge in [-0.15, -0.1) is 0 Å². The zero-order chi connectivity index (χ0) is 19.1. The van der Waals surface area contributed by atoms with Gasteiger partial charge in [0.1, 0.15) is 0 Å². The van der Waals surface area contributed by atoms with Crippen molar-refractivity contribution >= 4 is 23.2 Å². The largest absolute Gasteiger partial charge is 0.322 e. The molecule has 2 aromatic carbocycles. The molecule has 2 amide bonds. The molecule has 2 aliphatic rings. The second kappa shape index (κ2) is 6.72. The Hall–Kier alpha value is -2.83. The first-order chi connectivity index (χ1) is 13.0. The van der Waals surface area contributed by atoms with Crippen LogP contribution in [0, 0.1) is 23.4 Å². The molecule has 0 unspecified atom stereocenters. The highest BCUT2D eigenvalue weighted by Crippen LogP contribution is 2.37. The summed E-state index contributed by atoms with van der Waals surface area (Å²) in [6, 6.07) is 6.74. The van der Waals surface area contributed by atoms with Crippen molar-refractivity contribution in [3.63, 3.8) is 0 Å². The molecule has 1 heterocycles. The van der Waals surface area contributed by atoms with Crippen LogP contribution in [0.25, 0.3) is 0 Å². The monoisotopic (exact) mass is 374 g/mol. The van der Waals surface area contributed by atoms with E-state index in [-0.39, 0.29) is 11.8 Å². The van der Waals surface area contributed by atoms with E-state index in [0.717, 1.165) is 43.0 Å². The topological polar surface area (TPSA) is 49.4 Å². The predicted octanol–water partition coefficient (Wildman–Crippen LogP) is 4.05. The van der Waals surface area contributed by atoms with Gasteiger partial charge in [0.2, 0.25) is 5.91 Å². The standard InChI is InChI=1S/C20H17F3N2O2/c21-15-8-7-14(17(22)18(15)23)19(26)24-13-6-5-11-2-1-9-25(16(11)10-13)20(27)12-3-4-12/h5-8,10,12H,1-4,9H2,(H,24,26). The summed E-state index contributed by atoms with van der Waals surface area (Å²) in [5.74, 6) is -5.30. The van der Waals surface area contributed by atoms with E-state index < -0.39 is 28.9 Å². The Kier molecular flexibility index (Phi) is 4.37. The Labute approximate surface area is 154 Å². The molecule has 7 heteroatoms. The first-order valence-electron chi connectivity index (χ1n) is 8.85. The van der Waals surface area contributed by atoms with Gasteiger partial charge in [0.05, 0.1) is 5.56 Å². The molecule has 0 atom stereocenters. The molecule has 0 bridgehead atoms. The number of amides is 2. The fourth-order valence-electron chi connectivity index (χ4n) is 3.33. The molecule has 1 fully saturated rings. The third kappa shape index (κ3) is 3.29. The molecule has 0 saturated heterocycles. The third-order valence-corrected chi connectivity index (χ3v) is 4.93. The predicted molar refractivity (Wildman–Crippen MR) is 94.1 cm³/mol. The fourth-order valence-corrected chi connectivity index (χ4v) is 3.33. The molecule has 0 radical (unpaired) electrons. The van der Waals surface area contributed by atoms with Crippen molar-refractivity contribution in [1.29, 1.82) is 0 Å². The second-order valence-electron chi connectivity index (χ2n) is 6.89. The highest BCUT2D eigenvalue weighted by molar-refractivity contribution is 6.05. The molecule has 140 valence electrons. The number of carbonyl (C=O) groups excluding carboxylic acids is 2. The van der Waals surface area contributed by atoms with Gasteiger partial charge in [0, 0.05) is 23.8 Å². The van der Waals surface area contributed by atoms with Gasteiger partial charge in [-0.05, 0) is 55.5 Å². The number of nitrogens with zero attached hydrogens (tertiary/aromatic N) is 1. The SMILES string of the molecule is O=C(Nc1ccc2c(c1)N(C(=O)C1CC1)CCC2)c1ccc(F)c(F)c1F. The summed E-state index contributed by atoms with van der Waals surface area (Å²) in [5.41, 5.74) is 1.52. The van der Waals surface area contributed by atoms with Crippen LogP contribution in [0.15, 0.2) is 30.3 Å². The van der Waals surface area contributed by atoms with Crippen LogP contribution in [0.1, 0.15) is 35.2 Å². The Bertz CT molecular complexity index is 941.